The van der Waals surface area contributed by atoms with Gasteiger partial charge in [-0.3, -0.25) is 9.48 Å². The molecule has 1 aromatic heterocycles. The first-order chi connectivity index (χ1) is 10.6. The Morgan fingerprint density at radius 2 is 2.26 bits per heavy atom. The molecule has 2 aromatic rings. The zero-order valence-electron chi connectivity index (χ0n) is 12.3. The molecule has 6 nitrogen and oxygen atoms in total. The average Bonchev–Trinajstić information content (AvgIpc) is 3.02. The van der Waals surface area contributed by atoms with E-state index >= 15 is 0 Å². The lowest BCUT2D eigenvalue weighted by Crippen LogP contribution is -2.32. The van der Waals surface area contributed by atoms with Gasteiger partial charge in [0.25, 0.3) is 5.91 Å². The minimum Gasteiger partial charge on any atom is -0.506 e. The molecule has 1 amide bonds. The van der Waals surface area contributed by atoms with Crippen molar-refractivity contribution >= 4 is 35.6 Å². The number of carbonyl (C=O) groups is 1. The van der Waals surface area contributed by atoms with E-state index in [1.165, 1.54) is 12.1 Å². The molecular weight excluding hydrogens is 339 g/mol. The highest BCUT2D eigenvalue weighted by atomic mass is 35.5. The molecule has 0 saturated carbocycles. The molecule has 1 fully saturated rings. The number of hydrogen-bond donors (Lipinski definition) is 3. The fraction of sp³-hybridized carbons (Fsp3) is 0.333. The molecule has 1 aliphatic rings. The first-order valence-electron chi connectivity index (χ1n) is 7.19. The highest BCUT2D eigenvalue weighted by Crippen LogP contribution is 2.27. The van der Waals surface area contributed by atoms with Crippen LogP contribution in [0.2, 0.25) is 5.02 Å². The van der Waals surface area contributed by atoms with Crippen molar-refractivity contribution in [3.05, 3.63) is 41.2 Å². The highest BCUT2D eigenvalue weighted by Gasteiger charge is 2.18. The number of benzene rings is 1. The lowest BCUT2D eigenvalue weighted by molar-refractivity contribution is 0.102. The van der Waals surface area contributed by atoms with Crippen molar-refractivity contribution in [1.29, 1.82) is 0 Å². The number of anilines is 1. The largest absolute Gasteiger partial charge is 0.506 e. The van der Waals surface area contributed by atoms with Crippen LogP contribution in [0.1, 0.15) is 29.4 Å². The van der Waals surface area contributed by atoms with Crippen molar-refractivity contribution < 1.29 is 9.90 Å². The van der Waals surface area contributed by atoms with Gasteiger partial charge in [-0.25, -0.2) is 0 Å². The van der Waals surface area contributed by atoms with Crippen molar-refractivity contribution in [2.24, 2.45) is 0 Å². The third kappa shape index (κ3) is 4.16. The molecule has 8 heteroatoms. The van der Waals surface area contributed by atoms with Crippen LogP contribution >= 0.6 is 24.0 Å². The number of hydrogen-bond acceptors (Lipinski definition) is 4. The van der Waals surface area contributed by atoms with Crippen molar-refractivity contribution in [1.82, 2.24) is 15.1 Å². The number of phenolic OH excluding ortho intramolecular Hbond substituents is 1. The van der Waals surface area contributed by atoms with Gasteiger partial charge in [0.15, 0.2) is 5.69 Å². The molecular formula is C15H18Cl2N4O2. The van der Waals surface area contributed by atoms with E-state index in [2.05, 4.69) is 15.7 Å². The second-order valence-corrected chi connectivity index (χ2v) is 5.73. The molecule has 1 unspecified atom stereocenters. The molecule has 2 heterocycles. The Hall–Kier alpha value is -1.76. The van der Waals surface area contributed by atoms with Gasteiger partial charge in [0.1, 0.15) is 5.75 Å². The predicted molar refractivity (Wildman–Crippen MR) is 91.7 cm³/mol. The summed E-state index contributed by atoms with van der Waals surface area (Å²) in [5, 5.41) is 20.4. The fourth-order valence-electron chi connectivity index (χ4n) is 2.52. The molecule has 3 rings (SSSR count). The van der Waals surface area contributed by atoms with Gasteiger partial charge in [-0.15, -0.1) is 12.4 Å². The monoisotopic (exact) mass is 356 g/mol. The van der Waals surface area contributed by atoms with Crippen LogP contribution < -0.4 is 10.6 Å². The summed E-state index contributed by atoms with van der Waals surface area (Å²) in [6.45, 7) is 1.89. The predicted octanol–water partition coefficient (Wildman–Crippen LogP) is 2.84. The minimum atomic E-state index is -0.375. The smallest absolute Gasteiger partial charge is 0.276 e. The van der Waals surface area contributed by atoms with Gasteiger partial charge >= 0.3 is 0 Å². The Labute approximate surface area is 145 Å². The second-order valence-electron chi connectivity index (χ2n) is 5.30. The van der Waals surface area contributed by atoms with Crippen LogP contribution in [-0.2, 0) is 0 Å². The number of phenols is 1. The molecule has 0 bridgehead atoms. The summed E-state index contributed by atoms with van der Waals surface area (Å²) in [6, 6.07) is 6.43. The van der Waals surface area contributed by atoms with E-state index in [0.717, 1.165) is 25.9 Å². The lowest BCUT2D eigenvalue weighted by Gasteiger charge is -2.22. The molecule has 0 aliphatic carbocycles. The Kier molecular flexibility index (Phi) is 5.87. The van der Waals surface area contributed by atoms with Crippen molar-refractivity contribution in [3.8, 4) is 5.75 Å². The Morgan fingerprint density at radius 3 is 3.00 bits per heavy atom. The Balaban J connectivity index is 0.00000192. The van der Waals surface area contributed by atoms with Crippen molar-refractivity contribution in [3.63, 3.8) is 0 Å². The number of piperidine rings is 1. The molecule has 23 heavy (non-hydrogen) atoms. The van der Waals surface area contributed by atoms with Crippen LogP contribution in [0, 0.1) is 0 Å². The van der Waals surface area contributed by atoms with Crippen molar-refractivity contribution in [2.45, 2.75) is 18.9 Å². The molecule has 1 aromatic carbocycles. The van der Waals surface area contributed by atoms with E-state index in [0.29, 0.717) is 10.7 Å². The van der Waals surface area contributed by atoms with Gasteiger partial charge in [-0.1, -0.05) is 11.6 Å². The number of nitrogens with one attached hydrogen (secondary N) is 2. The zero-order valence-corrected chi connectivity index (χ0v) is 13.9. The van der Waals surface area contributed by atoms with Crippen LogP contribution in [0.4, 0.5) is 5.69 Å². The van der Waals surface area contributed by atoms with Crippen LogP contribution in [-0.4, -0.2) is 33.9 Å². The quantitative estimate of drug-likeness (QED) is 0.738. The van der Waals surface area contributed by atoms with E-state index in [1.807, 2.05) is 10.9 Å². The highest BCUT2D eigenvalue weighted by molar-refractivity contribution is 6.31. The summed E-state index contributed by atoms with van der Waals surface area (Å²) < 4.78 is 1.82. The molecule has 1 aliphatic heterocycles. The molecule has 0 radical (unpaired) electrons. The normalized spacial score (nSPS) is 17.3. The number of aromatic nitrogens is 2. The summed E-state index contributed by atoms with van der Waals surface area (Å²) in [4.78, 5) is 12.2. The summed E-state index contributed by atoms with van der Waals surface area (Å²) in [7, 11) is 0. The first kappa shape index (κ1) is 17.6. The summed E-state index contributed by atoms with van der Waals surface area (Å²) >= 11 is 5.86. The first-order valence-corrected chi connectivity index (χ1v) is 7.57. The zero-order chi connectivity index (χ0) is 15.5. The standard InChI is InChI=1S/C15H17ClN4O2.ClH/c16-10-3-4-14(21)13(8-10)18-15(22)12-5-7-20(19-12)11-2-1-6-17-9-11;/h3-5,7-8,11,17,21H,1-2,6,9H2,(H,18,22);1H. The number of rotatable bonds is 3. The van der Waals surface area contributed by atoms with Gasteiger partial charge in [0, 0.05) is 17.8 Å². The van der Waals surface area contributed by atoms with Gasteiger partial charge in [0.2, 0.25) is 0 Å². The van der Waals surface area contributed by atoms with E-state index in [4.69, 9.17) is 11.6 Å². The number of aromatic hydroxyl groups is 1. The van der Waals surface area contributed by atoms with Crippen molar-refractivity contribution in [2.75, 3.05) is 18.4 Å². The fourth-order valence-corrected chi connectivity index (χ4v) is 2.69. The van der Waals surface area contributed by atoms with E-state index < -0.39 is 0 Å². The number of halogens is 2. The van der Waals surface area contributed by atoms with Crippen LogP contribution in [0.5, 0.6) is 5.75 Å². The third-order valence-corrected chi connectivity index (χ3v) is 3.93. The van der Waals surface area contributed by atoms with Crippen LogP contribution in [0.3, 0.4) is 0 Å². The van der Waals surface area contributed by atoms with Gasteiger partial charge < -0.3 is 15.7 Å². The topological polar surface area (TPSA) is 79.2 Å². The molecule has 124 valence electrons. The molecule has 3 N–H and O–H groups in total. The number of amides is 1. The van der Waals surface area contributed by atoms with Crippen LogP contribution in [0.25, 0.3) is 0 Å². The minimum absolute atomic E-state index is 0. The van der Waals surface area contributed by atoms with Crippen LogP contribution in [0.15, 0.2) is 30.5 Å². The third-order valence-electron chi connectivity index (χ3n) is 3.69. The summed E-state index contributed by atoms with van der Waals surface area (Å²) in [6.07, 6.45) is 3.96. The number of carbonyl (C=O) groups excluding carboxylic acids is 1. The lowest BCUT2D eigenvalue weighted by atomic mass is 10.1. The average molecular weight is 357 g/mol. The SMILES string of the molecule is Cl.O=C(Nc1cc(Cl)ccc1O)c1ccn(C2CCCNC2)n1. The molecule has 0 spiro atoms. The van der Waals surface area contributed by atoms with Gasteiger partial charge in [-0.05, 0) is 43.7 Å². The summed E-state index contributed by atoms with van der Waals surface area (Å²) in [5.74, 6) is -0.409. The van der Waals surface area contributed by atoms with Gasteiger partial charge in [0.05, 0.1) is 11.7 Å². The maximum atomic E-state index is 12.2. The van der Waals surface area contributed by atoms with E-state index in [1.54, 1.807) is 12.1 Å². The van der Waals surface area contributed by atoms with E-state index in [9.17, 15) is 9.90 Å². The molecule has 1 atom stereocenters. The number of nitrogens with zero attached hydrogens (tertiary/aromatic N) is 2. The molecule has 1 saturated heterocycles. The summed E-state index contributed by atoms with van der Waals surface area (Å²) in [5.41, 5.74) is 0.580. The van der Waals surface area contributed by atoms with Gasteiger partial charge in [-0.2, -0.15) is 5.10 Å². The van der Waals surface area contributed by atoms with E-state index in [-0.39, 0.29) is 35.8 Å². The second kappa shape index (κ2) is 7.68. The Morgan fingerprint density at radius 1 is 1.43 bits per heavy atom. The maximum absolute atomic E-state index is 12.2. The Bertz CT molecular complexity index is 684. The maximum Gasteiger partial charge on any atom is 0.276 e.